The molecule has 0 bridgehead atoms. The van der Waals surface area contributed by atoms with Gasteiger partial charge in [0.1, 0.15) is 5.56 Å². The highest BCUT2D eigenvalue weighted by Crippen LogP contribution is 2.26. The Morgan fingerprint density at radius 2 is 2.12 bits per heavy atom. The van der Waals surface area contributed by atoms with E-state index in [1.807, 2.05) is 4.57 Å². The Morgan fingerprint density at radius 3 is 2.85 bits per heavy atom. The second kappa shape index (κ2) is 8.85. The third kappa shape index (κ3) is 4.20. The number of nitrogens with zero attached hydrogens (tertiary/aromatic N) is 1. The van der Waals surface area contributed by atoms with Crippen LogP contribution in [0.25, 0.3) is 0 Å². The maximum Gasteiger partial charge on any atom is 0.263 e. The number of ether oxygens (including phenoxy) is 1. The van der Waals surface area contributed by atoms with E-state index >= 15 is 0 Å². The average Bonchev–Trinajstić information content (AvgIpc) is 2.67. The maximum atomic E-state index is 13.0. The number of unbranched alkanes of at least 4 members (excludes halogenated alkanes) is 1. The molecule has 5 nitrogen and oxygen atoms in total. The summed E-state index contributed by atoms with van der Waals surface area (Å²) in [5, 5.41) is 3.10. The molecule has 1 N–H and O–H groups in total. The lowest BCUT2D eigenvalue weighted by Crippen LogP contribution is -2.42. The first-order valence-electron chi connectivity index (χ1n) is 10.3. The fourth-order valence-electron chi connectivity index (χ4n) is 4.28. The van der Waals surface area contributed by atoms with E-state index in [2.05, 4.69) is 19.2 Å². The van der Waals surface area contributed by atoms with Crippen molar-refractivity contribution >= 4 is 5.91 Å². The molecule has 0 radical (unpaired) electrons. The quantitative estimate of drug-likeness (QED) is 0.845. The summed E-state index contributed by atoms with van der Waals surface area (Å²) in [6, 6.07) is 1.88. The fourth-order valence-corrected chi connectivity index (χ4v) is 4.28. The van der Waals surface area contributed by atoms with Crippen molar-refractivity contribution in [3.8, 4) is 0 Å². The molecule has 3 rings (SSSR count). The molecule has 1 saturated carbocycles. The van der Waals surface area contributed by atoms with Gasteiger partial charge in [-0.1, -0.05) is 32.6 Å². The van der Waals surface area contributed by atoms with Gasteiger partial charge in [-0.05, 0) is 43.7 Å². The van der Waals surface area contributed by atoms with Crippen molar-refractivity contribution in [2.75, 3.05) is 6.61 Å². The predicted molar refractivity (Wildman–Crippen MR) is 102 cm³/mol. The van der Waals surface area contributed by atoms with Crippen LogP contribution in [0.4, 0.5) is 0 Å². The largest absolute Gasteiger partial charge is 0.376 e. The highest BCUT2D eigenvalue weighted by Gasteiger charge is 2.25. The number of amides is 1. The molecule has 144 valence electrons. The third-order valence-electron chi connectivity index (χ3n) is 5.93. The zero-order valence-electron chi connectivity index (χ0n) is 16.2. The zero-order chi connectivity index (χ0) is 18.5. The first kappa shape index (κ1) is 19.2. The lowest BCUT2D eigenvalue weighted by atomic mass is 9.84. The molecule has 2 aliphatic rings. The van der Waals surface area contributed by atoms with E-state index in [0.29, 0.717) is 25.7 Å². The minimum atomic E-state index is -0.230. The average molecular weight is 360 g/mol. The summed E-state index contributed by atoms with van der Waals surface area (Å²) in [6.07, 6.45) is 8.82. The van der Waals surface area contributed by atoms with E-state index in [4.69, 9.17) is 4.74 Å². The smallest absolute Gasteiger partial charge is 0.263 e. The lowest BCUT2D eigenvalue weighted by molar-refractivity contribution is 0.0912. The molecule has 1 aromatic heterocycles. The van der Waals surface area contributed by atoms with Crippen LogP contribution in [0.15, 0.2) is 10.9 Å². The van der Waals surface area contributed by atoms with Crippen molar-refractivity contribution in [3.63, 3.8) is 0 Å². The Kier molecular flexibility index (Phi) is 6.52. The van der Waals surface area contributed by atoms with Crippen LogP contribution >= 0.6 is 0 Å². The number of fused-ring (bicyclic) bond motifs is 1. The molecule has 1 aliphatic carbocycles. The molecule has 26 heavy (non-hydrogen) atoms. The number of carbonyl (C=O) groups is 1. The van der Waals surface area contributed by atoms with Gasteiger partial charge in [0.05, 0.1) is 13.2 Å². The highest BCUT2D eigenvalue weighted by atomic mass is 16.5. The summed E-state index contributed by atoms with van der Waals surface area (Å²) < 4.78 is 7.38. The molecule has 1 aliphatic heterocycles. The van der Waals surface area contributed by atoms with Crippen LogP contribution in [-0.2, 0) is 24.3 Å². The SMILES string of the molecule is CCCCn1c2c(cc(C(=O)N[C@H](C)C3CCCCC3)c1=O)COCC2. The van der Waals surface area contributed by atoms with Gasteiger partial charge in [-0.25, -0.2) is 0 Å². The molecule has 5 heteroatoms. The van der Waals surface area contributed by atoms with Gasteiger partial charge in [-0.15, -0.1) is 0 Å². The van der Waals surface area contributed by atoms with Crippen molar-refractivity contribution in [1.82, 2.24) is 9.88 Å². The van der Waals surface area contributed by atoms with Crippen LogP contribution in [0, 0.1) is 5.92 Å². The van der Waals surface area contributed by atoms with Gasteiger partial charge < -0.3 is 14.6 Å². The number of nitrogens with one attached hydrogen (secondary N) is 1. The molecule has 0 aromatic carbocycles. The van der Waals surface area contributed by atoms with E-state index in [1.54, 1.807) is 6.07 Å². The topological polar surface area (TPSA) is 60.3 Å². The van der Waals surface area contributed by atoms with E-state index < -0.39 is 0 Å². The Morgan fingerprint density at radius 1 is 1.35 bits per heavy atom. The van der Waals surface area contributed by atoms with Crippen molar-refractivity contribution in [2.45, 2.75) is 84.4 Å². The Hall–Kier alpha value is -1.62. The number of hydrogen-bond acceptors (Lipinski definition) is 3. The molecule has 0 spiro atoms. The molecule has 1 fully saturated rings. The van der Waals surface area contributed by atoms with Crippen LogP contribution in [0.3, 0.4) is 0 Å². The van der Waals surface area contributed by atoms with Crippen molar-refractivity contribution in [3.05, 3.63) is 33.2 Å². The van der Waals surface area contributed by atoms with Gasteiger partial charge in [-0.3, -0.25) is 9.59 Å². The van der Waals surface area contributed by atoms with Crippen molar-refractivity contribution in [1.29, 1.82) is 0 Å². The van der Waals surface area contributed by atoms with Crippen LogP contribution in [0.5, 0.6) is 0 Å². The number of aromatic nitrogens is 1. The van der Waals surface area contributed by atoms with Crippen LogP contribution < -0.4 is 10.9 Å². The van der Waals surface area contributed by atoms with Crippen LogP contribution in [-0.4, -0.2) is 23.1 Å². The monoisotopic (exact) mass is 360 g/mol. The van der Waals surface area contributed by atoms with Crippen molar-refractivity contribution < 1.29 is 9.53 Å². The van der Waals surface area contributed by atoms with E-state index in [0.717, 1.165) is 30.5 Å². The molecule has 0 saturated heterocycles. The molecular weight excluding hydrogens is 328 g/mol. The molecular formula is C21H32N2O3. The molecule has 1 atom stereocenters. The Balaban J connectivity index is 1.83. The Labute approximate surface area is 156 Å². The molecule has 0 unspecified atom stereocenters. The number of carbonyl (C=O) groups excluding carboxylic acids is 1. The first-order chi connectivity index (χ1) is 12.6. The number of pyridine rings is 1. The molecule has 1 amide bonds. The molecule has 2 heterocycles. The van der Waals surface area contributed by atoms with Crippen LogP contribution in [0.1, 0.15) is 80.4 Å². The minimum absolute atomic E-state index is 0.110. The minimum Gasteiger partial charge on any atom is -0.376 e. The first-order valence-corrected chi connectivity index (χ1v) is 10.3. The summed E-state index contributed by atoms with van der Waals surface area (Å²) in [7, 11) is 0. The van der Waals surface area contributed by atoms with E-state index in [1.165, 1.54) is 32.1 Å². The van der Waals surface area contributed by atoms with Gasteiger partial charge >= 0.3 is 0 Å². The third-order valence-corrected chi connectivity index (χ3v) is 5.93. The summed E-state index contributed by atoms with van der Waals surface area (Å²) in [5.74, 6) is 0.294. The summed E-state index contributed by atoms with van der Waals surface area (Å²) >= 11 is 0. The van der Waals surface area contributed by atoms with Crippen molar-refractivity contribution in [2.24, 2.45) is 5.92 Å². The zero-order valence-corrected chi connectivity index (χ0v) is 16.2. The van der Waals surface area contributed by atoms with Gasteiger partial charge in [0.2, 0.25) is 0 Å². The van der Waals surface area contributed by atoms with E-state index in [-0.39, 0.29) is 23.1 Å². The Bertz CT molecular complexity index is 689. The number of hydrogen-bond donors (Lipinski definition) is 1. The standard InChI is InChI=1S/C21H32N2O3/c1-3-4-11-23-19-10-12-26-14-17(19)13-18(21(23)25)20(24)22-15(2)16-8-6-5-7-9-16/h13,15-16H,3-12,14H2,1-2H3,(H,22,24)/t15-/m1/s1. The van der Waals surface area contributed by atoms with E-state index in [9.17, 15) is 9.59 Å². The second-order valence-electron chi connectivity index (χ2n) is 7.80. The summed E-state index contributed by atoms with van der Waals surface area (Å²) in [4.78, 5) is 25.9. The summed E-state index contributed by atoms with van der Waals surface area (Å²) in [6.45, 7) is 5.99. The lowest BCUT2D eigenvalue weighted by Gasteiger charge is -2.28. The molecule has 1 aromatic rings. The van der Waals surface area contributed by atoms with Gasteiger partial charge in [0.15, 0.2) is 0 Å². The number of rotatable bonds is 6. The summed E-state index contributed by atoms with van der Waals surface area (Å²) in [5.41, 5.74) is 2.16. The normalized spacial score (nSPS) is 19.0. The van der Waals surface area contributed by atoms with Crippen LogP contribution in [0.2, 0.25) is 0 Å². The fraction of sp³-hybridized carbons (Fsp3) is 0.714. The highest BCUT2D eigenvalue weighted by molar-refractivity contribution is 5.94. The van der Waals surface area contributed by atoms with Gasteiger partial charge in [0.25, 0.3) is 11.5 Å². The second-order valence-corrected chi connectivity index (χ2v) is 7.80. The van der Waals surface area contributed by atoms with Gasteiger partial charge in [-0.2, -0.15) is 0 Å². The maximum absolute atomic E-state index is 13.0. The predicted octanol–water partition coefficient (Wildman–Crippen LogP) is 3.42. The van der Waals surface area contributed by atoms with Gasteiger partial charge in [0, 0.05) is 24.7 Å².